The number of piperidine rings is 1. The molecule has 21 heavy (non-hydrogen) atoms. The van der Waals surface area contributed by atoms with Crippen LogP contribution in [0.3, 0.4) is 0 Å². The van der Waals surface area contributed by atoms with Gasteiger partial charge in [-0.3, -0.25) is 4.79 Å². The number of carbonyl (C=O) groups excluding carboxylic acids is 1. The number of likely N-dealkylation sites (tertiary alicyclic amines) is 1. The Hall–Kier alpha value is -1.46. The van der Waals surface area contributed by atoms with E-state index in [1.165, 1.54) is 0 Å². The molecule has 1 aromatic rings. The summed E-state index contributed by atoms with van der Waals surface area (Å²) < 4.78 is 11.0. The maximum absolute atomic E-state index is 12.5. The van der Waals surface area contributed by atoms with Crippen LogP contribution in [0.5, 0.6) is 11.5 Å². The molecule has 1 aromatic carbocycles. The Labute approximate surface area is 131 Å². The number of nitrogens with zero attached hydrogens (tertiary/aromatic N) is 1. The summed E-state index contributed by atoms with van der Waals surface area (Å²) >= 11 is 0. The molecule has 6 heteroatoms. The van der Waals surface area contributed by atoms with Crippen molar-refractivity contribution < 1.29 is 14.3 Å². The van der Waals surface area contributed by atoms with Gasteiger partial charge in [0.05, 0.1) is 0 Å². The zero-order valence-corrected chi connectivity index (χ0v) is 12.9. The van der Waals surface area contributed by atoms with Crippen LogP contribution < -0.4 is 14.8 Å². The molecule has 5 nitrogen and oxygen atoms in total. The van der Waals surface area contributed by atoms with Gasteiger partial charge in [-0.25, -0.2) is 0 Å². The second-order valence-corrected chi connectivity index (χ2v) is 5.21. The maximum atomic E-state index is 12.5. The Kier molecular flexibility index (Phi) is 5.31. The molecular formula is C15H21ClN2O3. The number of halogens is 1. The zero-order valence-electron chi connectivity index (χ0n) is 12.1. The van der Waals surface area contributed by atoms with Crippen molar-refractivity contribution in [2.45, 2.75) is 18.9 Å². The summed E-state index contributed by atoms with van der Waals surface area (Å²) in [6, 6.07) is 5.96. The highest BCUT2D eigenvalue weighted by Crippen LogP contribution is 2.31. The molecule has 0 bridgehead atoms. The second-order valence-electron chi connectivity index (χ2n) is 5.21. The highest BCUT2D eigenvalue weighted by atomic mass is 35.5. The molecule has 0 unspecified atom stereocenters. The fraction of sp³-hybridized carbons (Fsp3) is 0.533. The highest BCUT2D eigenvalue weighted by Gasteiger charge is 2.24. The predicted molar refractivity (Wildman–Crippen MR) is 82.7 cm³/mol. The lowest BCUT2D eigenvalue weighted by Gasteiger charge is -2.32. The van der Waals surface area contributed by atoms with E-state index in [0.29, 0.717) is 30.6 Å². The second kappa shape index (κ2) is 7.00. The molecule has 2 aliphatic heterocycles. The summed E-state index contributed by atoms with van der Waals surface area (Å²) in [6.07, 6.45) is 2.01. The minimum Gasteiger partial charge on any atom is -0.486 e. The van der Waals surface area contributed by atoms with Crippen molar-refractivity contribution in [2.75, 3.05) is 33.4 Å². The van der Waals surface area contributed by atoms with Crippen molar-refractivity contribution in [3.63, 3.8) is 0 Å². The molecule has 0 aliphatic carbocycles. The predicted octanol–water partition coefficient (Wildman–Crippen LogP) is 1.70. The smallest absolute Gasteiger partial charge is 0.253 e. The standard InChI is InChI=1S/C15H20N2O3.ClH/c1-16-12-4-6-17(7-5-12)15(18)11-2-3-13-14(10-11)20-9-8-19-13;/h2-3,10,12,16H,4-9H2,1H3;1H. The zero-order chi connectivity index (χ0) is 13.9. The number of rotatable bonds is 2. The van der Waals surface area contributed by atoms with Gasteiger partial charge in [0.25, 0.3) is 5.91 Å². The molecule has 116 valence electrons. The summed E-state index contributed by atoms with van der Waals surface area (Å²) in [7, 11) is 1.98. The number of hydrogen-bond acceptors (Lipinski definition) is 4. The van der Waals surface area contributed by atoms with Crippen LogP contribution in [0.15, 0.2) is 18.2 Å². The van der Waals surface area contributed by atoms with E-state index in [0.717, 1.165) is 31.7 Å². The Balaban J connectivity index is 0.00000161. The molecule has 1 saturated heterocycles. The topological polar surface area (TPSA) is 50.8 Å². The molecule has 1 fully saturated rings. The Morgan fingerprint density at radius 2 is 1.86 bits per heavy atom. The van der Waals surface area contributed by atoms with E-state index in [1.54, 1.807) is 6.07 Å². The van der Waals surface area contributed by atoms with Gasteiger partial charge >= 0.3 is 0 Å². The van der Waals surface area contributed by atoms with E-state index in [9.17, 15) is 4.79 Å². The third-order valence-corrected chi connectivity index (χ3v) is 3.98. The van der Waals surface area contributed by atoms with Crippen LogP contribution in [0.25, 0.3) is 0 Å². The molecule has 0 spiro atoms. The number of nitrogens with one attached hydrogen (secondary N) is 1. The van der Waals surface area contributed by atoms with Crippen molar-refractivity contribution in [2.24, 2.45) is 0 Å². The van der Waals surface area contributed by atoms with Crippen molar-refractivity contribution in [1.29, 1.82) is 0 Å². The van der Waals surface area contributed by atoms with Crippen molar-refractivity contribution in [1.82, 2.24) is 10.2 Å². The SMILES string of the molecule is CNC1CCN(C(=O)c2ccc3c(c2)OCCO3)CC1.Cl. The first-order valence-corrected chi connectivity index (χ1v) is 7.14. The summed E-state index contributed by atoms with van der Waals surface area (Å²) in [5.41, 5.74) is 0.678. The van der Waals surface area contributed by atoms with Crippen molar-refractivity contribution in [3.05, 3.63) is 23.8 Å². The van der Waals surface area contributed by atoms with Gasteiger partial charge in [0.1, 0.15) is 13.2 Å². The lowest BCUT2D eigenvalue weighted by Crippen LogP contribution is -2.43. The molecule has 0 aromatic heterocycles. The van der Waals surface area contributed by atoms with Crippen LogP contribution in [-0.4, -0.2) is 50.2 Å². The number of benzene rings is 1. The minimum absolute atomic E-state index is 0. The van der Waals surface area contributed by atoms with Crippen molar-refractivity contribution >= 4 is 18.3 Å². The van der Waals surface area contributed by atoms with E-state index in [2.05, 4.69) is 5.32 Å². The van der Waals surface area contributed by atoms with Gasteiger partial charge in [-0.1, -0.05) is 0 Å². The lowest BCUT2D eigenvalue weighted by molar-refractivity contribution is 0.0706. The number of fused-ring (bicyclic) bond motifs is 1. The van der Waals surface area contributed by atoms with E-state index < -0.39 is 0 Å². The Morgan fingerprint density at radius 1 is 1.19 bits per heavy atom. The molecule has 3 rings (SSSR count). The first-order valence-electron chi connectivity index (χ1n) is 7.14. The van der Waals surface area contributed by atoms with Crippen LogP contribution >= 0.6 is 12.4 Å². The number of hydrogen-bond donors (Lipinski definition) is 1. The third-order valence-electron chi connectivity index (χ3n) is 3.98. The van der Waals surface area contributed by atoms with Crippen molar-refractivity contribution in [3.8, 4) is 11.5 Å². The Morgan fingerprint density at radius 3 is 2.52 bits per heavy atom. The van der Waals surface area contributed by atoms with E-state index in [1.807, 2.05) is 24.1 Å². The van der Waals surface area contributed by atoms with Crippen LogP contribution in [0.1, 0.15) is 23.2 Å². The van der Waals surface area contributed by atoms with Crippen LogP contribution in [0.4, 0.5) is 0 Å². The molecule has 1 amide bonds. The quantitative estimate of drug-likeness (QED) is 0.903. The van der Waals surface area contributed by atoms with Gasteiger partial charge in [-0.15, -0.1) is 12.4 Å². The first kappa shape index (κ1) is 15.9. The Bertz CT molecular complexity index is 502. The van der Waals surface area contributed by atoms with E-state index in [4.69, 9.17) is 9.47 Å². The third kappa shape index (κ3) is 3.41. The number of carbonyl (C=O) groups is 1. The molecule has 0 radical (unpaired) electrons. The first-order chi connectivity index (χ1) is 9.78. The van der Waals surface area contributed by atoms with Gasteiger partial charge in [0.2, 0.25) is 0 Å². The van der Waals surface area contributed by atoms with Crippen LogP contribution in [0, 0.1) is 0 Å². The van der Waals surface area contributed by atoms with Crippen LogP contribution in [0.2, 0.25) is 0 Å². The average Bonchev–Trinajstić information content (AvgIpc) is 2.54. The number of amides is 1. The summed E-state index contributed by atoms with van der Waals surface area (Å²) in [5.74, 6) is 1.48. The number of ether oxygens (including phenoxy) is 2. The average molecular weight is 313 g/mol. The molecule has 2 aliphatic rings. The monoisotopic (exact) mass is 312 g/mol. The fourth-order valence-electron chi connectivity index (χ4n) is 2.73. The van der Waals surface area contributed by atoms with Crippen LogP contribution in [-0.2, 0) is 0 Å². The molecule has 0 saturated carbocycles. The van der Waals surface area contributed by atoms with E-state index >= 15 is 0 Å². The summed E-state index contributed by atoms with van der Waals surface area (Å²) in [6.45, 7) is 2.72. The van der Waals surface area contributed by atoms with Gasteiger partial charge < -0.3 is 19.7 Å². The van der Waals surface area contributed by atoms with E-state index in [-0.39, 0.29) is 18.3 Å². The molecule has 2 heterocycles. The van der Waals surface area contributed by atoms with Gasteiger partial charge in [0, 0.05) is 24.7 Å². The summed E-state index contributed by atoms with van der Waals surface area (Å²) in [4.78, 5) is 14.4. The highest BCUT2D eigenvalue weighted by molar-refractivity contribution is 5.95. The largest absolute Gasteiger partial charge is 0.486 e. The summed E-state index contributed by atoms with van der Waals surface area (Å²) in [5, 5.41) is 3.27. The fourth-order valence-corrected chi connectivity index (χ4v) is 2.73. The van der Waals surface area contributed by atoms with Gasteiger partial charge in [0.15, 0.2) is 11.5 Å². The minimum atomic E-state index is 0. The molecular weight excluding hydrogens is 292 g/mol. The maximum Gasteiger partial charge on any atom is 0.253 e. The molecule has 1 N–H and O–H groups in total. The normalized spacial score (nSPS) is 18.0. The van der Waals surface area contributed by atoms with Gasteiger partial charge in [-0.2, -0.15) is 0 Å². The van der Waals surface area contributed by atoms with Gasteiger partial charge in [-0.05, 0) is 38.1 Å². The lowest BCUT2D eigenvalue weighted by atomic mass is 10.0. The molecule has 0 atom stereocenters.